The number of rotatable bonds is 55. The van der Waals surface area contributed by atoms with Gasteiger partial charge in [0.15, 0.2) is 6.10 Å². The molecule has 0 radical (unpaired) electrons. The van der Waals surface area contributed by atoms with E-state index in [0.717, 1.165) is 135 Å². The van der Waals surface area contributed by atoms with E-state index in [1.807, 2.05) is 21.1 Å². The van der Waals surface area contributed by atoms with E-state index in [1.54, 1.807) is 0 Å². The molecule has 0 saturated carbocycles. The maximum absolute atomic E-state index is 12.8. The quantitative estimate of drug-likeness (QED) is 0.0195. The van der Waals surface area contributed by atoms with E-state index in [9.17, 15) is 19.0 Å². The predicted octanol–water partition coefficient (Wildman–Crippen LogP) is 19.2. The third-order valence-corrected chi connectivity index (χ3v) is 13.6. The molecule has 0 amide bonds. The zero-order valence-corrected chi connectivity index (χ0v) is 51.7. The third kappa shape index (κ3) is 62.9. The Morgan fingerprint density at radius 1 is 0.405 bits per heavy atom. The van der Waals surface area contributed by atoms with Gasteiger partial charge < -0.3 is 27.9 Å². The molecule has 0 aromatic rings. The number of quaternary nitrogens is 1. The summed E-state index contributed by atoms with van der Waals surface area (Å²) in [4.78, 5) is 37.9. The lowest BCUT2D eigenvalue weighted by Gasteiger charge is -2.28. The van der Waals surface area contributed by atoms with Gasteiger partial charge in [-0.3, -0.25) is 14.2 Å². The van der Waals surface area contributed by atoms with Crippen molar-refractivity contribution in [3.63, 3.8) is 0 Å². The van der Waals surface area contributed by atoms with Gasteiger partial charge in [0, 0.05) is 12.8 Å². The van der Waals surface area contributed by atoms with Crippen LogP contribution in [0, 0.1) is 0 Å². The summed E-state index contributed by atoms with van der Waals surface area (Å²) in [6, 6.07) is 0. The van der Waals surface area contributed by atoms with Crippen molar-refractivity contribution in [2.24, 2.45) is 0 Å². The zero-order chi connectivity index (χ0) is 57.7. The van der Waals surface area contributed by atoms with E-state index in [1.165, 1.54) is 51.4 Å². The summed E-state index contributed by atoms with van der Waals surface area (Å²) >= 11 is 0. The largest absolute Gasteiger partial charge is 0.756 e. The van der Waals surface area contributed by atoms with Crippen molar-refractivity contribution in [1.82, 2.24) is 0 Å². The summed E-state index contributed by atoms with van der Waals surface area (Å²) in [5, 5.41) is 0. The highest BCUT2D eigenvalue weighted by atomic mass is 31.2. The smallest absolute Gasteiger partial charge is 0.306 e. The van der Waals surface area contributed by atoms with Crippen molar-refractivity contribution in [2.75, 3.05) is 47.5 Å². The topological polar surface area (TPSA) is 111 Å². The molecule has 0 fully saturated rings. The van der Waals surface area contributed by atoms with E-state index in [4.69, 9.17) is 18.5 Å². The number of phosphoric acid groups is 1. The van der Waals surface area contributed by atoms with Gasteiger partial charge in [-0.05, 0) is 122 Å². The van der Waals surface area contributed by atoms with Gasteiger partial charge in [-0.1, -0.05) is 237 Å². The fourth-order valence-electron chi connectivity index (χ4n) is 7.83. The molecule has 448 valence electrons. The highest BCUT2D eigenvalue weighted by molar-refractivity contribution is 7.45. The summed E-state index contributed by atoms with van der Waals surface area (Å²) < 4.78 is 34.1. The fraction of sp³-hybridized carbons (Fsp3) is 0.623. The molecule has 0 aromatic carbocycles. The van der Waals surface area contributed by atoms with Crippen molar-refractivity contribution in [1.29, 1.82) is 0 Å². The minimum atomic E-state index is -4.65. The van der Waals surface area contributed by atoms with Crippen LogP contribution in [0.25, 0.3) is 0 Å². The lowest BCUT2D eigenvalue weighted by atomic mass is 10.1. The van der Waals surface area contributed by atoms with Crippen LogP contribution in [0.5, 0.6) is 0 Å². The number of phosphoric ester groups is 1. The highest BCUT2D eigenvalue weighted by Gasteiger charge is 2.22. The van der Waals surface area contributed by atoms with E-state index in [2.05, 4.69) is 160 Å². The first kappa shape index (κ1) is 74.9. The van der Waals surface area contributed by atoms with Gasteiger partial charge in [0.05, 0.1) is 27.7 Å². The van der Waals surface area contributed by atoms with Crippen LogP contribution in [0.3, 0.4) is 0 Å². The minimum Gasteiger partial charge on any atom is -0.756 e. The van der Waals surface area contributed by atoms with Gasteiger partial charge in [-0.2, -0.15) is 0 Å². The van der Waals surface area contributed by atoms with Gasteiger partial charge >= 0.3 is 11.9 Å². The van der Waals surface area contributed by atoms with Crippen molar-refractivity contribution in [2.45, 2.75) is 232 Å². The van der Waals surface area contributed by atoms with Gasteiger partial charge in [0.25, 0.3) is 7.82 Å². The molecule has 0 rings (SSSR count). The van der Waals surface area contributed by atoms with Crippen molar-refractivity contribution < 1.29 is 42.1 Å². The molecule has 0 heterocycles. The van der Waals surface area contributed by atoms with Crippen LogP contribution in [0.1, 0.15) is 226 Å². The summed E-state index contributed by atoms with van der Waals surface area (Å²) in [5.41, 5.74) is 0. The Hall–Kier alpha value is -4.11. The Morgan fingerprint density at radius 3 is 1.09 bits per heavy atom. The Balaban J connectivity index is 4.20. The average molecular weight is 1120 g/mol. The fourth-order valence-corrected chi connectivity index (χ4v) is 8.56. The first-order chi connectivity index (χ1) is 38.5. The number of hydrogen-bond acceptors (Lipinski definition) is 8. The number of allylic oxidation sites excluding steroid dienone is 24. The van der Waals surface area contributed by atoms with E-state index >= 15 is 0 Å². The average Bonchev–Trinajstić information content (AvgIpc) is 3.41. The number of hydrogen-bond donors (Lipinski definition) is 0. The molecule has 0 spiro atoms. The Morgan fingerprint density at radius 2 is 0.722 bits per heavy atom. The Labute approximate surface area is 484 Å². The number of carbonyl (C=O) groups excluding carboxylic acids is 2. The number of ether oxygens (including phenoxy) is 2. The standard InChI is InChI=1S/C69H114NO8P/c1-6-8-10-12-14-16-18-20-22-24-25-26-27-28-29-30-31-32-33-34-35-36-37-38-39-40-41-42-43-44-45-46-48-50-52-54-56-58-60-62-69(72)78-67(66-77-79(73,74)76-64-63-70(3,4)5)65-75-68(71)61-59-57-55-53-51-49-47-23-21-19-17-15-13-11-9-7-2/h8,10,14,16,20,22-23,25-26,28-29,31-32,34-35,37-38,40-41,43-44,46-48,67H,6-7,9,11-13,15,17-19,21,24,27,30,33,36,39,42,45,49-66H2,1-5H3/b10-8-,16-14-,22-20-,26-25-,29-28-,32-31-,35-34-,38-37-,41-40-,44-43-,47-23-,48-46-. The monoisotopic (exact) mass is 1120 g/mol. The molecule has 0 aliphatic carbocycles. The van der Waals surface area contributed by atoms with Crippen LogP contribution in [-0.2, 0) is 32.7 Å². The highest BCUT2D eigenvalue weighted by Crippen LogP contribution is 2.38. The molecule has 0 aliphatic heterocycles. The molecule has 0 aliphatic rings. The second-order valence-electron chi connectivity index (χ2n) is 21.3. The van der Waals surface area contributed by atoms with Crippen LogP contribution < -0.4 is 4.89 Å². The van der Waals surface area contributed by atoms with Gasteiger partial charge in [0.1, 0.15) is 19.8 Å². The second kappa shape index (κ2) is 58.5. The van der Waals surface area contributed by atoms with Gasteiger partial charge in [0.2, 0.25) is 0 Å². The maximum Gasteiger partial charge on any atom is 0.306 e. The molecule has 79 heavy (non-hydrogen) atoms. The molecule has 0 N–H and O–H groups in total. The SMILES string of the molecule is CC/C=C\C/C=C\C/C=C\C/C=C\C/C=C\C/C=C\C/C=C\C/C=C\C/C=C\C/C=C\C/C=C\CCCCCCCC(=O)OC(COC(=O)CCCCCCC/C=C\CCCCCCCCC)COP(=O)([O-])OCC[N+](C)(C)C. The Bertz CT molecular complexity index is 1840. The van der Waals surface area contributed by atoms with Gasteiger partial charge in [-0.25, -0.2) is 0 Å². The number of unbranched alkanes of at least 4 members (excludes halogenated alkanes) is 17. The Kier molecular flexibility index (Phi) is 55.5. The summed E-state index contributed by atoms with van der Waals surface area (Å²) in [6.45, 7) is 4.07. The summed E-state index contributed by atoms with van der Waals surface area (Å²) in [6.07, 6.45) is 86.2. The lowest BCUT2D eigenvalue weighted by Crippen LogP contribution is -2.37. The number of likely N-dealkylation sites (N-methyl/N-ethyl adjacent to an activating group) is 1. The minimum absolute atomic E-state index is 0.0435. The lowest BCUT2D eigenvalue weighted by molar-refractivity contribution is -0.870. The van der Waals surface area contributed by atoms with Crippen molar-refractivity contribution in [3.05, 3.63) is 146 Å². The van der Waals surface area contributed by atoms with Crippen LogP contribution in [0.2, 0.25) is 0 Å². The summed E-state index contributed by atoms with van der Waals surface area (Å²) in [5.74, 6) is -0.874. The molecular weight excluding hydrogens is 1000 g/mol. The molecule has 0 saturated heterocycles. The van der Waals surface area contributed by atoms with Crippen LogP contribution in [-0.4, -0.2) is 70.0 Å². The maximum atomic E-state index is 12.8. The normalized spacial score (nSPS) is 14.3. The summed E-state index contributed by atoms with van der Waals surface area (Å²) in [7, 11) is 1.13. The van der Waals surface area contributed by atoms with Crippen LogP contribution in [0.4, 0.5) is 0 Å². The van der Waals surface area contributed by atoms with Crippen LogP contribution in [0.15, 0.2) is 146 Å². The van der Waals surface area contributed by atoms with E-state index in [-0.39, 0.29) is 26.1 Å². The zero-order valence-electron chi connectivity index (χ0n) is 50.8. The third-order valence-electron chi connectivity index (χ3n) is 12.6. The molecule has 0 bridgehead atoms. The first-order valence-electron chi connectivity index (χ1n) is 31.0. The van der Waals surface area contributed by atoms with E-state index < -0.39 is 32.5 Å². The predicted molar refractivity (Wildman–Crippen MR) is 337 cm³/mol. The molecule has 2 unspecified atom stereocenters. The molecule has 0 aromatic heterocycles. The number of esters is 2. The van der Waals surface area contributed by atoms with E-state index in [0.29, 0.717) is 23.9 Å². The van der Waals surface area contributed by atoms with Crippen LogP contribution >= 0.6 is 7.82 Å². The second-order valence-corrected chi connectivity index (χ2v) is 22.7. The number of nitrogens with zero attached hydrogens (tertiary/aromatic N) is 1. The van der Waals surface area contributed by atoms with Gasteiger partial charge in [-0.15, -0.1) is 0 Å². The molecule has 2 atom stereocenters. The molecule has 10 heteroatoms. The first-order valence-corrected chi connectivity index (χ1v) is 32.5. The number of carbonyl (C=O) groups is 2. The van der Waals surface area contributed by atoms with Crippen molar-refractivity contribution >= 4 is 19.8 Å². The molecule has 9 nitrogen and oxygen atoms in total. The van der Waals surface area contributed by atoms with Crippen molar-refractivity contribution in [3.8, 4) is 0 Å². The molecular formula is C69H114NO8P.